The third-order valence-corrected chi connectivity index (χ3v) is 3.03. The van der Waals surface area contributed by atoms with Gasteiger partial charge in [-0.15, -0.1) is 0 Å². The number of hydrogen-bond acceptors (Lipinski definition) is 5. The Morgan fingerprint density at radius 2 is 2.10 bits per heavy atom. The van der Waals surface area contributed by atoms with E-state index in [0.717, 1.165) is 19.1 Å². The van der Waals surface area contributed by atoms with Crippen LogP contribution in [0.2, 0.25) is 0 Å². The molecule has 1 aromatic heterocycles. The predicted octanol–water partition coefficient (Wildman–Crippen LogP) is 2.00. The van der Waals surface area contributed by atoms with E-state index in [-0.39, 0.29) is 11.7 Å². The van der Waals surface area contributed by atoms with Crippen LogP contribution in [0.5, 0.6) is 0 Å². The van der Waals surface area contributed by atoms with Gasteiger partial charge in [-0.3, -0.25) is 9.48 Å². The normalized spacial score (nSPS) is 16.9. The van der Waals surface area contributed by atoms with Crippen molar-refractivity contribution >= 4 is 12.3 Å². The first-order valence-electron chi connectivity index (χ1n) is 6.76. The number of aromatic nitrogens is 2. The summed E-state index contributed by atoms with van der Waals surface area (Å²) in [6.07, 6.45) is 2.29. The summed E-state index contributed by atoms with van der Waals surface area (Å²) in [5.41, 5.74) is -0.00720. The fourth-order valence-corrected chi connectivity index (χ4v) is 2.15. The number of ether oxygens (including phenoxy) is 2. The SMILES string of the molecule is CC(C)(C)OC(=O)c1cc(C=O)n(C2CCOCC2)n1. The Balaban J connectivity index is 2.21. The van der Waals surface area contributed by atoms with Gasteiger partial charge in [0.25, 0.3) is 0 Å². The number of carbonyl (C=O) groups is 2. The molecule has 0 spiro atoms. The molecule has 0 N–H and O–H groups in total. The van der Waals surface area contributed by atoms with Crippen LogP contribution in [0.15, 0.2) is 6.07 Å². The molecule has 0 bridgehead atoms. The zero-order valence-electron chi connectivity index (χ0n) is 12.1. The van der Waals surface area contributed by atoms with Gasteiger partial charge in [0, 0.05) is 19.3 Å². The van der Waals surface area contributed by atoms with E-state index in [1.165, 1.54) is 6.07 Å². The molecule has 6 heteroatoms. The van der Waals surface area contributed by atoms with Crippen LogP contribution in [-0.2, 0) is 9.47 Å². The molecule has 0 saturated carbocycles. The fourth-order valence-electron chi connectivity index (χ4n) is 2.15. The Kier molecular flexibility index (Phi) is 4.23. The largest absolute Gasteiger partial charge is 0.455 e. The lowest BCUT2D eigenvalue weighted by molar-refractivity contribution is 0.00606. The van der Waals surface area contributed by atoms with Gasteiger partial charge >= 0.3 is 5.97 Å². The van der Waals surface area contributed by atoms with Gasteiger partial charge in [-0.1, -0.05) is 0 Å². The van der Waals surface area contributed by atoms with Crippen LogP contribution in [-0.4, -0.2) is 40.9 Å². The molecular formula is C14H20N2O4. The summed E-state index contributed by atoms with van der Waals surface area (Å²) < 4.78 is 12.2. The average Bonchev–Trinajstić information content (AvgIpc) is 2.82. The molecule has 1 aliphatic rings. The molecule has 1 aromatic rings. The predicted molar refractivity (Wildman–Crippen MR) is 71.9 cm³/mol. The summed E-state index contributed by atoms with van der Waals surface area (Å²) in [4.78, 5) is 23.1. The number of rotatable bonds is 3. The monoisotopic (exact) mass is 280 g/mol. The molecule has 1 fully saturated rings. The van der Waals surface area contributed by atoms with E-state index in [1.807, 2.05) is 0 Å². The average molecular weight is 280 g/mol. The van der Waals surface area contributed by atoms with Crippen LogP contribution in [0.1, 0.15) is 60.6 Å². The topological polar surface area (TPSA) is 70.4 Å². The van der Waals surface area contributed by atoms with E-state index in [0.29, 0.717) is 18.9 Å². The van der Waals surface area contributed by atoms with Crippen LogP contribution in [0.4, 0.5) is 0 Å². The Labute approximate surface area is 118 Å². The molecule has 1 aliphatic heterocycles. The maximum atomic E-state index is 12.0. The summed E-state index contributed by atoms with van der Waals surface area (Å²) in [6.45, 7) is 6.66. The van der Waals surface area contributed by atoms with Crippen molar-refractivity contribution in [2.24, 2.45) is 0 Å². The van der Waals surface area contributed by atoms with Crippen molar-refractivity contribution in [3.05, 3.63) is 17.5 Å². The molecule has 0 atom stereocenters. The molecule has 0 aromatic carbocycles. The number of aldehydes is 1. The summed E-state index contributed by atoms with van der Waals surface area (Å²) in [6, 6.07) is 1.58. The third kappa shape index (κ3) is 3.45. The van der Waals surface area contributed by atoms with Gasteiger partial charge in [0.15, 0.2) is 12.0 Å². The van der Waals surface area contributed by atoms with Crippen molar-refractivity contribution in [2.75, 3.05) is 13.2 Å². The highest BCUT2D eigenvalue weighted by atomic mass is 16.6. The van der Waals surface area contributed by atoms with Gasteiger partial charge in [-0.2, -0.15) is 5.10 Å². The minimum Gasteiger partial charge on any atom is -0.455 e. The number of esters is 1. The lowest BCUT2D eigenvalue weighted by Crippen LogP contribution is -2.25. The molecule has 2 rings (SSSR count). The standard InChI is InChI=1S/C14H20N2O4/c1-14(2,3)20-13(18)12-8-11(9-17)16(15-12)10-4-6-19-7-5-10/h8-10H,4-7H2,1-3H3. The van der Waals surface area contributed by atoms with Crippen LogP contribution in [0.25, 0.3) is 0 Å². The summed E-state index contributed by atoms with van der Waals surface area (Å²) in [5.74, 6) is -0.508. The van der Waals surface area contributed by atoms with Gasteiger partial charge in [-0.25, -0.2) is 4.79 Å². The van der Waals surface area contributed by atoms with E-state index in [1.54, 1.807) is 25.5 Å². The lowest BCUT2D eigenvalue weighted by atomic mass is 10.1. The van der Waals surface area contributed by atoms with Crippen molar-refractivity contribution in [3.63, 3.8) is 0 Å². The zero-order valence-corrected chi connectivity index (χ0v) is 12.1. The molecule has 0 amide bonds. The summed E-state index contributed by atoms with van der Waals surface area (Å²) >= 11 is 0. The molecule has 20 heavy (non-hydrogen) atoms. The maximum absolute atomic E-state index is 12.0. The smallest absolute Gasteiger partial charge is 0.359 e. The van der Waals surface area contributed by atoms with E-state index in [9.17, 15) is 9.59 Å². The lowest BCUT2D eigenvalue weighted by Gasteiger charge is -2.23. The van der Waals surface area contributed by atoms with Crippen molar-refractivity contribution < 1.29 is 19.1 Å². The van der Waals surface area contributed by atoms with Crippen LogP contribution in [0.3, 0.4) is 0 Å². The fraction of sp³-hybridized carbons (Fsp3) is 0.643. The van der Waals surface area contributed by atoms with Crippen molar-refractivity contribution in [3.8, 4) is 0 Å². The Bertz CT molecular complexity index is 496. The van der Waals surface area contributed by atoms with Crippen LogP contribution in [0, 0.1) is 0 Å². The Morgan fingerprint density at radius 1 is 1.45 bits per heavy atom. The highest BCUT2D eigenvalue weighted by Gasteiger charge is 2.25. The highest BCUT2D eigenvalue weighted by Crippen LogP contribution is 2.22. The zero-order chi connectivity index (χ0) is 14.8. The molecule has 110 valence electrons. The molecule has 0 radical (unpaired) electrons. The highest BCUT2D eigenvalue weighted by molar-refractivity contribution is 5.89. The number of carbonyl (C=O) groups excluding carboxylic acids is 2. The number of nitrogens with zero attached hydrogens (tertiary/aromatic N) is 2. The van der Waals surface area contributed by atoms with Gasteiger partial charge in [0.2, 0.25) is 0 Å². The molecule has 0 unspecified atom stereocenters. The quantitative estimate of drug-likeness (QED) is 0.625. The van der Waals surface area contributed by atoms with E-state index in [2.05, 4.69) is 5.10 Å². The first-order chi connectivity index (χ1) is 9.40. The Hall–Kier alpha value is -1.69. The second kappa shape index (κ2) is 5.75. The Morgan fingerprint density at radius 3 is 2.65 bits per heavy atom. The first kappa shape index (κ1) is 14.7. The van der Waals surface area contributed by atoms with Gasteiger partial charge < -0.3 is 9.47 Å². The molecule has 2 heterocycles. The minimum absolute atomic E-state index is 0.0973. The van der Waals surface area contributed by atoms with Gasteiger partial charge in [0.1, 0.15) is 11.3 Å². The van der Waals surface area contributed by atoms with Crippen LogP contribution < -0.4 is 0 Å². The van der Waals surface area contributed by atoms with Crippen LogP contribution >= 0.6 is 0 Å². The molecule has 6 nitrogen and oxygen atoms in total. The molecule has 0 aliphatic carbocycles. The second-order valence-electron chi connectivity index (χ2n) is 5.86. The molecule has 1 saturated heterocycles. The van der Waals surface area contributed by atoms with E-state index >= 15 is 0 Å². The van der Waals surface area contributed by atoms with Crippen molar-refractivity contribution in [2.45, 2.75) is 45.3 Å². The van der Waals surface area contributed by atoms with Gasteiger partial charge in [0.05, 0.1) is 6.04 Å². The van der Waals surface area contributed by atoms with Crippen molar-refractivity contribution in [1.29, 1.82) is 0 Å². The first-order valence-corrected chi connectivity index (χ1v) is 6.76. The number of hydrogen-bond donors (Lipinski definition) is 0. The van der Waals surface area contributed by atoms with E-state index in [4.69, 9.17) is 9.47 Å². The second-order valence-corrected chi connectivity index (χ2v) is 5.86. The summed E-state index contributed by atoms with van der Waals surface area (Å²) in [7, 11) is 0. The van der Waals surface area contributed by atoms with Crippen molar-refractivity contribution in [1.82, 2.24) is 9.78 Å². The minimum atomic E-state index is -0.582. The summed E-state index contributed by atoms with van der Waals surface area (Å²) in [5, 5.41) is 4.24. The maximum Gasteiger partial charge on any atom is 0.359 e. The third-order valence-electron chi connectivity index (χ3n) is 3.03. The molecular weight excluding hydrogens is 260 g/mol. The van der Waals surface area contributed by atoms with Gasteiger partial charge in [-0.05, 0) is 33.6 Å². The van der Waals surface area contributed by atoms with E-state index < -0.39 is 11.6 Å².